The highest BCUT2D eigenvalue weighted by Gasteiger charge is 2.34. The fraction of sp³-hybridized carbons (Fsp3) is 0.533. The molecule has 1 unspecified atom stereocenters. The van der Waals surface area contributed by atoms with Gasteiger partial charge in [-0.05, 0) is 30.9 Å². The number of carbonyl (C=O) groups is 1. The van der Waals surface area contributed by atoms with E-state index in [2.05, 4.69) is 10.6 Å². The Kier molecular flexibility index (Phi) is 6.64. The summed E-state index contributed by atoms with van der Waals surface area (Å²) in [4.78, 5) is 11.9. The summed E-state index contributed by atoms with van der Waals surface area (Å²) in [6, 6.07) is 5.87. The van der Waals surface area contributed by atoms with Gasteiger partial charge in [0.1, 0.15) is 6.17 Å². The lowest BCUT2D eigenvalue weighted by Crippen LogP contribution is -2.49. The van der Waals surface area contributed by atoms with Crippen molar-refractivity contribution >= 4 is 46.4 Å². The maximum absolute atomic E-state index is 11.9. The Morgan fingerprint density at radius 2 is 1.71 bits per heavy atom. The number of para-hydroxylation sites is 1. The van der Waals surface area contributed by atoms with E-state index in [-0.39, 0.29) is 11.8 Å². The van der Waals surface area contributed by atoms with Crippen LogP contribution in [0, 0.1) is 19.8 Å². The molecule has 1 aromatic carbocycles. The van der Waals surface area contributed by atoms with Crippen LogP contribution in [0.3, 0.4) is 0 Å². The topological polar surface area (TPSA) is 41.1 Å². The lowest BCUT2D eigenvalue weighted by molar-refractivity contribution is -0.122. The van der Waals surface area contributed by atoms with E-state index in [0.717, 1.165) is 16.8 Å². The van der Waals surface area contributed by atoms with Crippen LogP contribution in [0.2, 0.25) is 0 Å². The van der Waals surface area contributed by atoms with Crippen molar-refractivity contribution in [2.75, 3.05) is 5.32 Å². The Balaban J connectivity index is 2.92. The number of carbonyl (C=O) groups excluding carboxylic acids is 1. The maximum atomic E-state index is 11.9. The molecule has 0 saturated heterocycles. The van der Waals surface area contributed by atoms with E-state index in [1.807, 2.05) is 45.9 Å². The minimum absolute atomic E-state index is 0.153. The first-order chi connectivity index (χ1) is 9.61. The van der Waals surface area contributed by atoms with Crippen LogP contribution in [0.15, 0.2) is 18.2 Å². The third kappa shape index (κ3) is 5.93. The van der Waals surface area contributed by atoms with Crippen LogP contribution in [-0.4, -0.2) is 15.9 Å². The zero-order valence-corrected chi connectivity index (χ0v) is 14.9. The van der Waals surface area contributed by atoms with Crippen LogP contribution >= 0.6 is 34.8 Å². The largest absolute Gasteiger partial charge is 0.361 e. The van der Waals surface area contributed by atoms with Crippen LogP contribution in [-0.2, 0) is 4.79 Å². The summed E-state index contributed by atoms with van der Waals surface area (Å²) in [6.45, 7) is 7.84. The third-order valence-corrected chi connectivity index (χ3v) is 3.65. The molecule has 0 aromatic heterocycles. The number of hydrogen-bond donors (Lipinski definition) is 2. The SMILES string of the molecule is Cc1cccc(C)c1NC(NC(=O)CC(C)C)C(Cl)(Cl)Cl. The molecule has 1 aromatic rings. The van der Waals surface area contributed by atoms with Crippen LogP contribution in [0.1, 0.15) is 31.4 Å². The average Bonchev–Trinajstić information content (AvgIpc) is 2.30. The predicted molar refractivity (Wildman–Crippen MR) is 91.2 cm³/mol. The van der Waals surface area contributed by atoms with Gasteiger partial charge in [0, 0.05) is 12.1 Å². The van der Waals surface area contributed by atoms with Crippen LogP contribution < -0.4 is 10.6 Å². The molecule has 1 atom stereocenters. The number of rotatable bonds is 5. The van der Waals surface area contributed by atoms with Gasteiger partial charge in [0.15, 0.2) is 0 Å². The van der Waals surface area contributed by atoms with Gasteiger partial charge in [-0.25, -0.2) is 0 Å². The van der Waals surface area contributed by atoms with E-state index in [1.165, 1.54) is 0 Å². The molecule has 1 rings (SSSR count). The molecule has 0 saturated carbocycles. The van der Waals surface area contributed by atoms with Crippen molar-refractivity contribution in [2.45, 2.75) is 44.1 Å². The van der Waals surface area contributed by atoms with Gasteiger partial charge >= 0.3 is 0 Å². The number of anilines is 1. The first-order valence-corrected chi connectivity index (χ1v) is 7.93. The number of halogens is 3. The van der Waals surface area contributed by atoms with Gasteiger partial charge in [-0.3, -0.25) is 4.79 Å². The zero-order valence-electron chi connectivity index (χ0n) is 12.6. The van der Waals surface area contributed by atoms with Crippen molar-refractivity contribution in [3.63, 3.8) is 0 Å². The van der Waals surface area contributed by atoms with Crippen LogP contribution in [0.4, 0.5) is 5.69 Å². The van der Waals surface area contributed by atoms with Crippen molar-refractivity contribution in [2.24, 2.45) is 5.92 Å². The molecule has 0 spiro atoms. The van der Waals surface area contributed by atoms with E-state index in [9.17, 15) is 4.79 Å². The van der Waals surface area contributed by atoms with Gasteiger partial charge in [-0.2, -0.15) is 0 Å². The quantitative estimate of drug-likeness (QED) is 0.602. The van der Waals surface area contributed by atoms with Crippen molar-refractivity contribution in [3.8, 4) is 0 Å². The summed E-state index contributed by atoms with van der Waals surface area (Å²) in [7, 11) is 0. The first-order valence-electron chi connectivity index (χ1n) is 6.80. The highest BCUT2D eigenvalue weighted by Crippen LogP contribution is 2.32. The molecule has 6 heteroatoms. The first kappa shape index (κ1) is 18.4. The molecule has 0 aliphatic rings. The van der Waals surface area contributed by atoms with E-state index in [0.29, 0.717) is 6.42 Å². The molecule has 0 fully saturated rings. The lowest BCUT2D eigenvalue weighted by Gasteiger charge is -2.29. The Morgan fingerprint density at radius 3 is 2.14 bits per heavy atom. The second-order valence-electron chi connectivity index (χ2n) is 5.55. The Morgan fingerprint density at radius 1 is 1.19 bits per heavy atom. The van der Waals surface area contributed by atoms with Gasteiger partial charge in [-0.1, -0.05) is 66.8 Å². The second kappa shape index (κ2) is 7.57. The zero-order chi connectivity index (χ0) is 16.2. The monoisotopic (exact) mass is 350 g/mol. The molecule has 2 N–H and O–H groups in total. The van der Waals surface area contributed by atoms with Crippen LogP contribution in [0.25, 0.3) is 0 Å². The van der Waals surface area contributed by atoms with Crippen LogP contribution in [0.5, 0.6) is 0 Å². The lowest BCUT2D eigenvalue weighted by atomic mass is 10.1. The molecule has 0 heterocycles. The summed E-state index contributed by atoms with van der Waals surface area (Å²) in [5.41, 5.74) is 2.90. The fourth-order valence-electron chi connectivity index (χ4n) is 1.98. The molecule has 1 amide bonds. The van der Waals surface area contributed by atoms with E-state index in [4.69, 9.17) is 34.8 Å². The van der Waals surface area contributed by atoms with E-state index >= 15 is 0 Å². The van der Waals surface area contributed by atoms with Crippen molar-refractivity contribution in [1.82, 2.24) is 5.32 Å². The van der Waals surface area contributed by atoms with Gasteiger partial charge in [0.2, 0.25) is 9.70 Å². The number of benzene rings is 1. The molecule has 21 heavy (non-hydrogen) atoms. The minimum Gasteiger partial charge on any atom is -0.361 e. The summed E-state index contributed by atoms with van der Waals surface area (Å²) >= 11 is 18.0. The smallest absolute Gasteiger partial charge is 0.228 e. The maximum Gasteiger partial charge on any atom is 0.228 e. The Bertz CT molecular complexity index is 478. The molecular weight excluding hydrogens is 331 g/mol. The van der Waals surface area contributed by atoms with Gasteiger partial charge < -0.3 is 10.6 Å². The molecule has 0 radical (unpaired) electrons. The van der Waals surface area contributed by atoms with Gasteiger partial charge in [-0.15, -0.1) is 0 Å². The number of nitrogens with one attached hydrogen (secondary N) is 2. The Hall–Kier alpha value is -0.640. The summed E-state index contributed by atoms with van der Waals surface area (Å²) < 4.78 is -1.65. The average molecular weight is 352 g/mol. The number of alkyl halides is 3. The Labute approximate surface area is 141 Å². The van der Waals surface area contributed by atoms with E-state index in [1.54, 1.807) is 0 Å². The molecule has 0 bridgehead atoms. The standard InChI is InChI=1S/C15H21Cl3N2O/c1-9(2)8-12(21)19-14(15(16,17)18)20-13-10(3)6-5-7-11(13)4/h5-7,9,14,20H,8H2,1-4H3,(H,19,21). The predicted octanol–water partition coefficient (Wildman–Crippen LogP) is 4.57. The van der Waals surface area contributed by atoms with E-state index < -0.39 is 9.96 Å². The minimum atomic E-state index is -1.65. The van der Waals surface area contributed by atoms with Crippen molar-refractivity contribution < 1.29 is 4.79 Å². The normalized spacial score (nSPS) is 13.1. The number of amides is 1. The summed E-state index contributed by atoms with van der Waals surface area (Å²) in [5.74, 6) is 0.0845. The summed E-state index contributed by atoms with van der Waals surface area (Å²) in [6.07, 6.45) is -0.417. The molecule has 0 aliphatic heterocycles. The molecule has 3 nitrogen and oxygen atoms in total. The number of aryl methyl sites for hydroxylation is 2. The van der Waals surface area contributed by atoms with Gasteiger partial charge in [0.05, 0.1) is 0 Å². The molecule has 0 aliphatic carbocycles. The number of hydrogen-bond acceptors (Lipinski definition) is 2. The van der Waals surface area contributed by atoms with Gasteiger partial charge in [0.25, 0.3) is 0 Å². The second-order valence-corrected chi connectivity index (χ2v) is 7.92. The highest BCUT2D eigenvalue weighted by molar-refractivity contribution is 6.68. The highest BCUT2D eigenvalue weighted by atomic mass is 35.6. The molecule has 118 valence electrons. The third-order valence-electron chi connectivity index (χ3n) is 3.00. The van der Waals surface area contributed by atoms with Crippen molar-refractivity contribution in [3.05, 3.63) is 29.3 Å². The fourth-order valence-corrected chi connectivity index (χ4v) is 2.30. The summed E-state index contributed by atoms with van der Waals surface area (Å²) in [5, 5.41) is 5.88. The molecular formula is C15H21Cl3N2O. The van der Waals surface area contributed by atoms with Crippen molar-refractivity contribution in [1.29, 1.82) is 0 Å².